The lowest BCUT2D eigenvalue weighted by Gasteiger charge is -2.27. The van der Waals surface area contributed by atoms with Crippen molar-refractivity contribution in [1.82, 2.24) is 15.5 Å². The fourth-order valence-corrected chi connectivity index (χ4v) is 5.29. The number of thioether (sulfide) groups is 1. The largest absolute Gasteiger partial charge is 0.385 e. The Morgan fingerprint density at radius 3 is 2.61 bits per heavy atom. The van der Waals surface area contributed by atoms with Gasteiger partial charge in [0, 0.05) is 32.4 Å². The number of para-hydroxylation sites is 1. The van der Waals surface area contributed by atoms with Crippen molar-refractivity contribution in [2.75, 3.05) is 26.8 Å². The van der Waals surface area contributed by atoms with E-state index in [0.29, 0.717) is 55.6 Å². The molecule has 0 aliphatic carbocycles. The van der Waals surface area contributed by atoms with Crippen LogP contribution in [0.25, 0.3) is 0 Å². The normalized spacial score (nSPS) is 16.7. The Morgan fingerprint density at radius 1 is 1.08 bits per heavy atom. The number of nitrogens with zero attached hydrogens (tertiary/aromatic N) is 3. The number of rotatable bonds is 12. The number of hydrogen-bond acceptors (Lipinski definition) is 7. The quantitative estimate of drug-likeness (QED) is 0.406. The van der Waals surface area contributed by atoms with Gasteiger partial charge < -0.3 is 15.4 Å². The Labute approximate surface area is 227 Å². The van der Waals surface area contributed by atoms with E-state index in [1.807, 2.05) is 61.5 Å². The van der Waals surface area contributed by atoms with Crippen LogP contribution in [0.3, 0.4) is 0 Å². The lowest BCUT2D eigenvalue weighted by molar-refractivity contribution is -0.128. The van der Waals surface area contributed by atoms with Crippen LogP contribution >= 0.6 is 11.8 Å². The van der Waals surface area contributed by atoms with Crippen LogP contribution in [0.15, 0.2) is 64.6 Å². The predicted molar refractivity (Wildman–Crippen MR) is 150 cm³/mol. The smallest absolute Gasteiger partial charge is 0.259 e. The third kappa shape index (κ3) is 6.68. The summed E-state index contributed by atoms with van der Waals surface area (Å²) in [6.45, 7) is 3.48. The molecule has 2 atom stereocenters. The van der Waals surface area contributed by atoms with Gasteiger partial charge in [-0.15, -0.1) is 0 Å². The summed E-state index contributed by atoms with van der Waals surface area (Å²) in [6, 6.07) is 16.5. The molecule has 0 unspecified atom stereocenters. The van der Waals surface area contributed by atoms with E-state index in [-0.39, 0.29) is 24.1 Å². The zero-order valence-electron chi connectivity index (χ0n) is 21.7. The van der Waals surface area contributed by atoms with Crippen molar-refractivity contribution in [3.05, 3.63) is 65.7 Å². The van der Waals surface area contributed by atoms with E-state index in [0.717, 1.165) is 11.1 Å². The average molecular weight is 536 g/mol. The molecule has 2 N–H and O–H groups in total. The maximum absolute atomic E-state index is 13.5. The number of amides is 3. The third-order valence-corrected chi connectivity index (χ3v) is 7.56. The van der Waals surface area contributed by atoms with Gasteiger partial charge in [-0.25, -0.2) is 9.89 Å². The number of fused-ring (bicyclic) bond motifs is 3. The molecule has 0 aromatic heterocycles. The first-order valence-corrected chi connectivity index (χ1v) is 13.7. The molecule has 3 amide bonds. The standard InChI is InChI=1S/C28H33N5O4S/c1-3-23(26(35)30-15-9-17-37-2)38-28-32-21-13-8-7-12-20(21)25-31-22(27(36)33(25)28)18-24(34)29-16-14-19-10-5-4-6-11-19/h4-8,10-13,22-23H,3,9,14-18H2,1-2H3,(H,29,34)(H,30,35)/t22-,23-/m1/s1. The summed E-state index contributed by atoms with van der Waals surface area (Å²) in [7, 11) is 1.62. The van der Waals surface area contributed by atoms with Crippen LogP contribution in [-0.2, 0) is 25.5 Å². The van der Waals surface area contributed by atoms with Crippen LogP contribution < -0.4 is 10.6 Å². The molecule has 0 saturated heterocycles. The molecular weight excluding hydrogens is 502 g/mol. The zero-order chi connectivity index (χ0) is 26.9. The Bertz CT molecular complexity index is 1220. The summed E-state index contributed by atoms with van der Waals surface area (Å²) in [5, 5.41) is 5.80. The molecule has 0 radical (unpaired) electrons. The van der Waals surface area contributed by atoms with E-state index in [1.165, 1.54) is 16.7 Å². The average Bonchev–Trinajstić information content (AvgIpc) is 3.26. The summed E-state index contributed by atoms with van der Waals surface area (Å²) >= 11 is 1.24. The molecule has 2 aromatic carbocycles. The van der Waals surface area contributed by atoms with Gasteiger partial charge in [0.1, 0.15) is 11.9 Å². The Hall–Kier alpha value is -3.50. The fourth-order valence-electron chi connectivity index (χ4n) is 4.24. The van der Waals surface area contributed by atoms with Crippen molar-refractivity contribution in [1.29, 1.82) is 0 Å². The number of amidine groups is 2. The molecule has 0 spiro atoms. The first-order chi connectivity index (χ1) is 18.5. The zero-order valence-corrected chi connectivity index (χ0v) is 22.5. The highest BCUT2D eigenvalue weighted by molar-refractivity contribution is 8.15. The number of ether oxygens (including phenoxy) is 1. The van der Waals surface area contributed by atoms with Gasteiger partial charge in [0.25, 0.3) is 5.91 Å². The maximum Gasteiger partial charge on any atom is 0.259 e. The van der Waals surface area contributed by atoms with Crippen molar-refractivity contribution in [3.63, 3.8) is 0 Å². The Morgan fingerprint density at radius 2 is 1.84 bits per heavy atom. The summed E-state index contributed by atoms with van der Waals surface area (Å²) in [5.74, 6) is -0.186. The van der Waals surface area contributed by atoms with Gasteiger partial charge in [-0.1, -0.05) is 61.2 Å². The van der Waals surface area contributed by atoms with Gasteiger partial charge in [0.15, 0.2) is 5.17 Å². The van der Waals surface area contributed by atoms with Gasteiger partial charge in [-0.2, -0.15) is 0 Å². The predicted octanol–water partition coefficient (Wildman–Crippen LogP) is 3.06. The van der Waals surface area contributed by atoms with Gasteiger partial charge in [0.05, 0.1) is 17.4 Å². The number of carbonyl (C=O) groups is 3. The maximum atomic E-state index is 13.5. The van der Waals surface area contributed by atoms with Crippen LogP contribution in [0.4, 0.5) is 5.69 Å². The van der Waals surface area contributed by atoms with Gasteiger partial charge >= 0.3 is 0 Å². The van der Waals surface area contributed by atoms with Crippen molar-refractivity contribution in [2.24, 2.45) is 9.98 Å². The van der Waals surface area contributed by atoms with Crippen molar-refractivity contribution in [3.8, 4) is 0 Å². The minimum Gasteiger partial charge on any atom is -0.385 e. The summed E-state index contributed by atoms with van der Waals surface area (Å²) in [6.07, 6.45) is 1.93. The highest BCUT2D eigenvalue weighted by Gasteiger charge is 2.43. The molecule has 38 heavy (non-hydrogen) atoms. The number of aliphatic imine (C=N–C) groups is 2. The monoisotopic (exact) mass is 535 g/mol. The molecule has 2 aliphatic rings. The molecule has 2 heterocycles. The van der Waals surface area contributed by atoms with E-state index in [9.17, 15) is 14.4 Å². The molecule has 0 bridgehead atoms. The first kappa shape index (κ1) is 27.5. The van der Waals surface area contributed by atoms with Crippen molar-refractivity contribution >= 4 is 46.2 Å². The number of carbonyl (C=O) groups excluding carboxylic acids is 3. The molecule has 10 heteroatoms. The van der Waals surface area contributed by atoms with Crippen LogP contribution in [0, 0.1) is 0 Å². The summed E-state index contributed by atoms with van der Waals surface area (Å²) < 4.78 is 5.04. The second kappa shape index (κ2) is 13.3. The minimum atomic E-state index is -0.846. The fraction of sp³-hybridized carbons (Fsp3) is 0.393. The molecule has 4 rings (SSSR count). The topological polar surface area (TPSA) is 112 Å². The lowest BCUT2D eigenvalue weighted by atomic mass is 10.1. The molecule has 0 fully saturated rings. The van der Waals surface area contributed by atoms with Gasteiger partial charge in [-0.3, -0.25) is 19.4 Å². The van der Waals surface area contributed by atoms with E-state index in [4.69, 9.17) is 9.73 Å². The number of methoxy groups -OCH3 is 1. The van der Waals surface area contributed by atoms with Crippen molar-refractivity contribution < 1.29 is 19.1 Å². The van der Waals surface area contributed by atoms with E-state index in [1.54, 1.807) is 7.11 Å². The lowest BCUT2D eigenvalue weighted by Crippen LogP contribution is -2.44. The first-order valence-electron chi connectivity index (χ1n) is 12.9. The third-order valence-electron chi connectivity index (χ3n) is 6.24. The molecular formula is C28H33N5O4S. The van der Waals surface area contributed by atoms with E-state index >= 15 is 0 Å². The second-order valence-electron chi connectivity index (χ2n) is 9.00. The molecule has 0 saturated carbocycles. The second-order valence-corrected chi connectivity index (χ2v) is 10.2. The number of hydrogen-bond donors (Lipinski definition) is 2. The van der Waals surface area contributed by atoms with Crippen LogP contribution in [-0.4, -0.2) is 71.7 Å². The molecule has 2 aromatic rings. The highest BCUT2D eigenvalue weighted by Crippen LogP contribution is 2.35. The minimum absolute atomic E-state index is 0.0507. The molecule has 200 valence electrons. The van der Waals surface area contributed by atoms with Crippen molar-refractivity contribution in [2.45, 2.75) is 43.9 Å². The number of nitrogens with one attached hydrogen (secondary N) is 2. The molecule has 9 nitrogen and oxygen atoms in total. The van der Waals surface area contributed by atoms with E-state index in [2.05, 4.69) is 15.6 Å². The van der Waals surface area contributed by atoms with Crippen LogP contribution in [0.1, 0.15) is 37.3 Å². The Balaban J connectivity index is 1.45. The Kier molecular flexibility index (Phi) is 9.67. The summed E-state index contributed by atoms with van der Waals surface area (Å²) in [4.78, 5) is 49.9. The number of benzene rings is 2. The highest BCUT2D eigenvalue weighted by atomic mass is 32.2. The molecule has 2 aliphatic heterocycles. The van der Waals surface area contributed by atoms with Crippen LogP contribution in [0.2, 0.25) is 0 Å². The van der Waals surface area contributed by atoms with E-state index < -0.39 is 11.3 Å². The SMILES string of the molecule is CC[C@@H](SC1=Nc2ccccc2C2=N[C@H](CC(=O)NCCc3ccccc3)C(=O)N12)C(=O)NCCCOC. The van der Waals surface area contributed by atoms with Gasteiger partial charge in [-0.05, 0) is 37.0 Å². The van der Waals surface area contributed by atoms with Crippen LogP contribution in [0.5, 0.6) is 0 Å². The summed E-state index contributed by atoms with van der Waals surface area (Å²) in [5.41, 5.74) is 2.54. The van der Waals surface area contributed by atoms with Gasteiger partial charge in [0.2, 0.25) is 11.8 Å².